The van der Waals surface area contributed by atoms with E-state index in [9.17, 15) is 4.79 Å². The summed E-state index contributed by atoms with van der Waals surface area (Å²) in [4.78, 5) is 16.1. The zero-order chi connectivity index (χ0) is 14.4. The zero-order valence-electron chi connectivity index (χ0n) is 11.6. The van der Waals surface area contributed by atoms with Gasteiger partial charge in [-0.2, -0.15) is 0 Å². The fourth-order valence-corrected chi connectivity index (χ4v) is 1.92. The molecule has 0 aliphatic carbocycles. The van der Waals surface area contributed by atoms with Gasteiger partial charge in [-0.25, -0.2) is 0 Å². The molecule has 0 spiro atoms. The molecule has 0 aromatic heterocycles. The van der Waals surface area contributed by atoms with E-state index >= 15 is 0 Å². The molecule has 0 heterocycles. The molecule has 5 nitrogen and oxygen atoms in total. The highest BCUT2D eigenvalue weighted by Gasteiger charge is 2.15. The number of amides is 1. The molecule has 0 saturated carbocycles. The lowest BCUT2D eigenvalue weighted by Crippen LogP contribution is -2.30. The summed E-state index contributed by atoms with van der Waals surface area (Å²) in [7, 11) is 5.80. The summed E-state index contributed by atoms with van der Waals surface area (Å²) in [6, 6.07) is 5.02. The number of nitrogens with zero attached hydrogens (tertiary/aromatic N) is 2. The molecule has 0 fully saturated rings. The van der Waals surface area contributed by atoms with E-state index in [2.05, 4.69) is 10.3 Å². The molecule has 0 aliphatic heterocycles. The molecule has 1 rings (SSSR count). The first kappa shape index (κ1) is 15.8. The Morgan fingerprint density at radius 2 is 2.00 bits per heavy atom. The number of nitrogens with two attached hydrogens (primary N) is 1. The highest BCUT2D eigenvalue weighted by Crippen LogP contribution is 2.21. The average Bonchev–Trinajstić information content (AvgIpc) is 2.37. The third kappa shape index (κ3) is 4.70. The third-order valence-corrected chi connectivity index (χ3v) is 3.05. The van der Waals surface area contributed by atoms with E-state index in [1.54, 1.807) is 30.1 Å². The first-order valence-corrected chi connectivity index (χ1v) is 6.50. The van der Waals surface area contributed by atoms with Gasteiger partial charge < -0.3 is 15.2 Å². The molecular weight excluding hydrogens is 264 g/mol. The zero-order valence-corrected chi connectivity index (χ0v) is 12.4. The number of carbonyl (C=O) groups excluding carboxylic acids is 1. The number of nitrogen functional groups attached to an aromatic ring is 1. The molecule has 0 atom stereocenters. The van der Waals surface area contributed by atoms with Crippen molar-refractivity contribution in [3.8, 4) is 0 Å². The second-order valence-electron chi connectivity index (χ2n) is 4.72. The normalized spacial score (nSPS) is 10.6. The highest BCUT2D eigenvalue weighted by atomic mass is 35.5. The molecule has 0 aliphatic rings. The van der Waals surface area contributed by atoms with E-state index in [4.69, 9.17) is 17.4 Å². The van der Waals surface area contributed by atoms with Crippen LogP contribution in [-0.4, -0.2) is 49.9 Å². The Hall–Kier alpha value is -1.30. The standard InChI is InChI=1S/C13H21ClN4O/c1-17(2)7-4-8-18(3)13(19)11-9-10(14)5-6-12(11)16-15/h5-6,9,16H,4,7-8,15H2,1-3H3. The van der Waals surface area contributed by atoms with Crippen LogP contribution in [0.2, 0.25) is 5.02 Å². The molecule has 1 aromatic rings. The summed E-state index contributed by atoms with van der Waals surface area (Å²) in [5.41, 5.74) is 3.58. The van der Waals surface area contributed by atoms with Gasteiger partial charge in [-0.15, -0.1) is 0 Å². The summed E-state index contributed by atoms with van der Waals surface area (Å²) in [6.45, 7) is 1.63. The van der Waals surface area contributed by atoms with E-state index in [0.717, 1.165) is 13.0 Å². The lowest BCUT2D eigenvalue weighted by molar-refractivity contribution is 0.0791. The summed E-state index contributed by atoms with van der Waals surface area (Å²) >= 11 is 5.92. The van der Waals surface area contributed by atoms with Crippen LogP contribution in [-0.2, 0) is 0 Å². The molecule has 106 valence electrons. The van der Waals surface area contributed by atoms with Crippen LogP contribution in [0, 0.1) is 0 Å². The van der Waals surface area contributed by atoms with Crippen LogP contribution in [0.25, 0.3) is 0 Å². The van der Waals surface area contributed by atoms with E-state index < -0.39 is 0 Å². The predicted molar refractivity (Wildman–Crippen MR) is 79.4 cm³/mol. The van der Waals surface area contributed by atoms with Gasteiger partial charge >= 0.3 is 0 Å². The van der Waals surface area contributed by atoms with Crippen LogP contribution < -0.4 is 11.3 Å². The van der Waals surface area contributed by atoms with Gasteiger partial charge in [0.25, 0.3) is 5.91 Å². The Kier molecular flexibility index (Phi) is 6.08. The minimum atomic E-state index is -0.0887. The van der Waals surface area contributed by atoms with Crippen molar-refractivity contribution in [1.29, 1.82) is 0 Å². The van der Waals surface area contributed by atoms with Gasteiger partial charge in [0.05, 0.1) is 11.3 Å². The van der Waals surface area contributed by atoms with Crippen molar-refractivity contribution in [2.75, 3.05) is 39.7 Å². The van der Waals surface area contributed by atoms with E-state index in [0.29, 0.717) is 22.8 Å². The summed E-state index contributed by atoms with van der Waals surface area (Å²) in [5.74, 6) is 5.32. The molecule has 0 saturated heterocycles. The van der Waals surface area contributed by atoms with Crippen LogP contribution >= 0.6 is 11.6 Å². The number of hydrazine groups is 1. The van der Waals surface area contributed by atoms with Crippen molar-refractivity contribution in [2.24, 2.45) is 5.84 Å². The monoisotopic (exact) mass is 284 g/mol. The summed E-state index contributed by atoms with van der Waals surface area (Å²) in [6.07, 6.45) is 0.918. The second kappa shape index (κ2) is 7.33. The number of carbonyl (C=O) groups is 1. The van der Waals surface area contributed by atoms with Crippen LogP contribution in [0.3, 0.4) is 0 Å². The van der Waals surface area contributed by atoms with Gasteiger partial charge in [-0.05, 0) is 45.3 Å². The van der Waals surface area contributed by atoms with Gasteiger partial charge in [0, 0.05) is 18.6 Å². The molecule has 3 N–H and O–H groups in total. The quantitative estimate of drug-likeness (QED) is 0.616. The maximum atomic E-state index is 12.3. The third-order valence-electron chi connectivity index (χ3n) is 2.81. The van der Waals surface area contributed by atoms with Crippen molar-refractivity contribution in [1.82, 2.24) is 9.80 Å². The summed E-state index contributed by atoms with van der Waals surface area (Å²) < 4.78 is 0. The molecule has 19 heavy (non-hydrogen) atoms. The average molecular weight is 285 g/mol. The Balaban J connectivity index is 2.73. The van der Waals surface area contributed by atoms with Crippen LogP contribution in [0.15, 0.2) is 18.2 Å². The van der Waals surface area contributed by atoms with E-state index in [-0.39, 0.29) is 5.91 Å². The first-order valence-electron chi connectivity index (χ1n) is 6.12. The Labute approximate surface area is 119 Å². The van der Waals surface area contributed by atoms with Gasteiger partial charge in [-0.1, -0.05) is 11.6 Å². The largest absolute Gasteiger partial charge is 0.342 e. The number of halogens is 1. The Bertz CT molecular complexity index is 437. The number of anilines is 1. The fraction of sp³-hybridized carbons (Fsp3) is 0.462. The van der Waals surface area contributed by atoms with Gasteiger partial charge in [0.1, 0.15) is 0 Å². The number of rotatable bonds is 6. The molecular formula is C13H21ClN4O. The molecule has 0 radical (unpaired) electrons. The van der Waals surface area contributed by atoms with E-state index in [1.165, 1.54) is 0 Å². The van der Waals surface area contributed by atoms with Crippen molar-refractivity contribution >= 4 is 23.2 Å². The number of nitrogens with one attached hydrogen (secondary N) is 1. The molecule has 1 aromatic carbocycles. The smallest absolute Gasteiger partial charge is 0.255 e. The van der Waals surface area contributed by atoms with Crippen LogP contribution in [0.5, 0.6) is 0 Å². The molecule has 1 amide bonds. The lowest BCUT2D eigenvalue weighted by Gasteiger charge is -2.20. The predicted octanol–water partition coefficient (Wildman–Crippen LogP) is 1.65. The fourth-order valence-electron chi connectivity index (χ4n) is 1.75. The number of benzene rings is 1. The van der Waals surface area contributed by atoms with Crippen molar-refractivity contribution in [2.45, 2.75) is 6.42 Å². The van der Waals surface area contributed by atoms with Crippen molar-refractivity contribution in [3.05, 3.63) is 28.8 Å². The minimum absolute atomic E-state index is 0.0887. The van der Waals surface area contributed by atoms with Crippen LogP contribution in [0.4, 0.5) is 5.69 Å². The maximum Gasteiger partial charge on any atom is 0.255 e. The maximum absolute atomic E-state index is 12.3. The van der Waals surface area contributed by atoms with Crippen LogP contribution in [0.1, 0.15) is 16.8 Å². The molecule has 0 unspecified atom stereocenters. The Morgan fingerprint density at radius 3 is 2.58 bits per heavy atom. The molecule has 0 bridgehead atoms. The number of hydrogen-bond donors (Lipinski definition) is 2. The second-order valence-corrected chi connectivity index (χ2v) is 5.15. The first-order chi connectivity index (χ1) is 8.95. The highest BCUT2D eigenvalue weighted by molar-refractivity contribution is 6.31. The summed E-state index contributed by atoms with van der Waals surface area (Å²) in [5, 5.41) is 0.518. The SMILES string of the molecule is CN(C)CCCN(C)C(=O)c1cc(Cl)ccc1NN. The number of hydrogen-bond acceptors (Lipinski definition) is 4. The van der Waals surface area contributed by atoms with E-state index in [1.807, 2.05) is 14.1 Å². The Morgan fingerprint density at radius 1 is 1.32 bits per heavy atom. The van der Waals surface area contributed by atoms with Gasteiger partial charge in [0.2, 0.25) is 0 Å². The van der Waals surface area contributed by atoms with Crippen molar-refractivity contribution in [3.63, 3.8) is 0 Å². The topological polar surface area (TPSA) is 61.6 Å². The van der Waals surface area contributed by atoms with Gasteiger partial charge in [0.15, 0.2) is 0 Å². The van der Waals surface area contributed by atoms with Gasteiger partial charge in [-0.3, -0.25) is 10.6 Å². The molecule has 6 heteroatoms. The lowest BCUT2D eigenvalue weighted by atomic mass is 10.1. The minimum Gasteiger partial charge on any atom is -0.342 e. The van der Waals surface area contributed by atoms with Crippen molar-refractivity contribution < 1.29 is 4.79 Å².